The van der Waals surface area contributed by atoms with Crippen molar-refractivity contribution in [1.29, 1.82) is 0 Å². The average molecular weight is 442 g/mol. The summed E-state index contributed by atoms with van der Waals surface area (Å²) in [7, 11) is 0. The van der Waals surface area contributed by atoms with Crippen LogP contribution >= 0.6 is 15.9 Å². The molecule has 0 aliphatic rings. The van der Waals surface area contributed by atoms with Gasteiger partial charge in [-0.1, -0.05) is 6.92 Å². The zero-order chi connectivity index (χ0) is 20.2. The van der Waals surface area contributed by atoms with Gasteiger partial charge in [-0.25, -0.2) is 14.8 Å². The first-order valence-corrected chi connectivity index (χ1v) is 9.89. The van der Waals surface area contributed by atoms with Gasteiger partial charge in [-0.05, 0) is 50.0 Å². The molecule has 2 heterocycles. The van der Waals surface area contributed by atoms with E-state index in [4.69, 9.17) is 15.3 Å². The number of halogens is 1. The fraction of sp³-hybridized carbons (Fsp3) is 0.611. The Balaban J connectivity index is 2.17. The van der Waals surface area contributed by atoms with Crippen molar-refractivity contribution in [2.24, 2.45) is 0 Å². The molecule has 9 heteroatoms. The molecule has 0 bridgehead atoms. The van der Waals surface area contributed by atoms with Crippen LogP contribution in [0.4, 0.5) is 10.6 Å². The summed E-state index contributed by atoms with van der Waals surface area (Å²) in [6.45, 7) is 10.6. The topological polar surface area (TPSA) is 95.5 Å². The summed E-state index contributed by atoms with van der Waals surface area (Å²) in [5.41, 5.74) is 6.98. The molecule has 2 aromatic heterocycles. The minimum Gasteiger partial charge on any atom is -0.442 e. The van der Waals surface area contributed by atoms with Crippen molar-refractivity contribution in [3.8, 4) is 0 Å². The molecule has 2 aromatic rings. The quantitative estimate of drug-likeness (QED) is 0.654. The fourth-order valence-electron chi connectivity index (χ4n) is 2.65. The van der Waals surface area contributed by atoms with Crippen LogP contribution < -0.4 is 5.73 Å². The Morgan fingerprint density at radius 3 is 2.67 bits per heavy atom. The van der Waals surface area contributed by atoms with E-state index in [2.05, 4.69) is 37.4 Å². The highest BCUT2D eigenvalue weighted by Gasteiger charge is 2.22. The van der Waals surface area contributed by atoms with Crippen molar-refractivity contribution in [2.75, 3.05) is 18.9 Å². The second-order valence-corrected chi connectivity index (χ2v) is 7.98. The van der Waals surface area contributed by atoms with Gasteiger partial charge in [0, 0.05) is 19.2 Å². The maximum atomic E-state index is 12.2. The maximum absolute atomic E-state index is 12.2. The van der Waals surface area contributed by atoms with Crippen molar-refractivity contribution in [3.05, 3.63) is 16.5 Å². The third-order valence-electron chi connectivity index (χ3n) is 3.75. The minimum atomic E-state index is -0.571. The number of fused-ring (bicyclic) bond motifs is 1. The van der Waals surface area contributed by atoms with Gasteiger partial charge in [-0.2, -0.15) is 5.06 Å². The van der Waals surface area contributed by atoms with Crippen LogP contribution in [0.1, 0.15) is 46.9 Å². The molecule has 0 radical (unpaired) electrons. The van der Waals surface area contributed by atoms with Crippen LogP contribution in [-0.4, -0.2) is 44.4 Å². The van der Waals surface area contributed by atoms with Gasteiger partial charge in [0.1, 0.15) is 16.9 Å². The third kappa shape index (κ3) is 5.32. The highest BCUT2D eigenvalue weighted by molar-refractivity contribution is 9.10. The zero-order valence-corrected chi connectivity index (χ0v) is 18.2. The number of nitrogen functional groups attached to an aromatic ring is 1. The number of amides is 1. The Morgan fingerprint density at radius 2 is 2.07 bits per heavy atom. The molecule has 8 nitrogen and oxygen atoms in total. The smallest absolute Gasteiger partial charge is 0.434 e. The summed E-state index contributed by atoms with van der Waals surface area (Å²) in [6, 6.07) is 0. The van der Waals surface area contributed by atoms with Crippen molar-refractivity contribution in [1.82, 2.24) is 19.6 Å². The second kappa shape index (κ2) is 8.88. The molecule has 0 fully saturated rings. The molecule has 150 valence electrons. The number of imidazole rings is 1. The van der Waals surface area contributed by atoms with E-state index in [-0.39, 0.29) is 0 Å². The number of nitrogens with two attached hydrogens (primary N) is 1. The molecule has 0 aromatic carbocycles. The first-order chi connectivity index (χ1) is 12.7. The number of carbonyl (C=O) groups excluding carboxylic acids is 1. The van der Waals surface area contributed by atoms with Gasteiger partial charge in [0.25, 0.3) is 0 Å². The molecule has 0 aliphatic heterocycles. The van der Waals surface area contributed by atoms with Crippen molar-refractivity contribution < 1.29 is 14.4 Å². The van der Waals surface area contributed by atoms with Gasteiger partial charge in [0.2, 0.25) is 0 Å². The number of anilines is 1. The highest BCUT2D eigenvalue weighted by Crippen LogP contribution is 2.28. The number of nitrogens with zero attached hydrogens (tertiary/aromatic N) is 4. The Kier molecular flexibility index (Phi) is 7.05. The van der Waals surface area contributed by atoms with Gasteiger partial charge in [0.15, 0.2) is 5.82 Å². The molecule has 0 spiro atoms. The lowest BCUT2D eigenvalue weighted by Crippen LogP contribution is -2.37. The lowest BCUT2D eigenvalue weighted by atomic mass is 10.2. The lowest BCUT2D eigenvalue weighted by molar-refractivity contribution is -0.146. The van der Waals surface area contributed by atoms with E-state index in [1.54, 1.807) is 6.20 Å². The summed E-state index contributed by atoms with van der Waals surface area (Å²) in [6.07, 6.45) is 2.94. The molecule has 0 saturated carbocycles. The predicted octanol–water partition coefficient (Wildman–Crippen LogP) is 3.92. The summed E-state index contributed by atoms with van der Waals surface area (Å²) >= 11 is 3.53. The SMILES string of the molecule is CCCc1nc2c(N)ncc(Br)c2n1CCON(CC)C(=O)OC(C)(C)C. The molecular formula is C18H28BrN5O3. The highest BCUT2D eigenvalue weighted by atomic mass is 79.9. The first kappa shape index (κ1) is 21.4. The van der Waals surface area contributed by atoms with Crippen LogP contribution in [0.3, 0.4) is 0 Å². The molecule has 0 aliphatic carbocycles. The summed E-state index contributed by atoms with van der Waals surface area (Å²) < 4.78 is 8.24. The molecule has 0 unspecified atom stereocenters. The summed E-state index contributed by atoms with van der Waals surface area (Å²) in [4.78, 5) is 26.7. The van der Waals surface area contributed by atoms with Crippen molar-refractivity contribution in [3.63, 3.8) is 0 Å². The number of hydroxylamine groups is 2. The van der Waals surface area contributed by atoms with Crippen LogP contribution in [0.15, 0.2) is 10.7 Å². The number of carbonyl (C=O) groups is 1. The van der Waals surface area contributed by atoms with Crippen LogP contribution in [-0.2, 0) is 22.5 Å². The van der Waals surface area contributed by atoms with E-state index >= 15 is 0 Å². The number of rotatable bonds is 7. The van der Waals surface area contributed by atoms with Crippen molar-refractivity contribution >= 4 is 38.9 Å². The van der Waals surface area contributed by atoms with Crippen LogP contribution in [0.2, 0.25) is 0 Å². The number of ether oxygens (including phenoxy) is 1. The zero-order valence-electron chi connectivity index (χ0n) is 16.6. The van der Waals surface area contributed by atoms with E-state index in [1.165, 1.54) is 5.06 Å². The minimum absolute atomic E-state index is 0.296. The second-order valence-electron chi connectivity index (χ2n) is 7.13. The van der Waals surface area contributed by atoms with E-state index in [9.17, 15) is 4.79 Å². The maximum Gasteiger partial charge on any atom is 0.434 e. The van der Waals surface area contributed by atoms with Crippen LogP contribution in [0.5, 0.6) is 0 Å². The van der Waals surface area contributed by atoms with E-state index in [1.807, 2.05) is 27.7 Å². The predicted molar refractivity (Wildman–Crippen MR) is 108 cm³/mol. The van der Waals surface area contributed by atoms with Crippen LogP contribution in [0, 0.1) is 0 Å². The van der Waals surface area contributed by atoms with E-state index in [0.717, 1.165) is 28.7 Å². The van der Waals surface area contributed by atoms with Crippen molar-refractivity contribution in [2.45, 2.75) is 59.6 Å². The molecular weight excluding hydrogens is 414 g/mol. The number of aromatic nitrogens is 3. The number of hydrogen-bond donors (Lipinski definition) is 1. The number of aryl methyl sites for hydroxylation is 1. The van der Waals surface area contributed by atoms with Gasteiger partial charge in [0.05, 0.1) is 23.1 Å². The molecule has 2 rings (SSSR count). The van der Waals surface area contributed by atoms with Gasteiger partial charge in [-0.15, -0.1) is 0 Å². The number of hydrogen-bond acceptors (Lipinski definition) is 6. The van der Waals surface area contributed by atoms with E-state index in [0.29, 0.717) is 31.0 Å². The van der Waals surface area contributed by atoms with Gasteiger partial charge >= 0.3 is 6.09 Å². The number of pyridine rings is 1. The Hall–Kier alpha value is -1.87. The standard InChI is InChI=1S/C18H28BrN5O3/c1-6-8-13-22-14-15(12(19)11-21-16(14)20)23(13)9-10-26-24(7-2)17(25)27-18(3,4)5/h11H,6-10H2,1-5H3,(H2,20,21). The van der Waals surface area contributed by atoms with Gasteiger partial charge < -0.3 is 15.0 Å². The van der Waals surface area contributed by atoms with Crippen LogP contribution in [0.25, 0.3) is 11.0 Å². The van der Waals surface area contributed by atoms with E-state index < -0.39 is 11.7 Å². The average Bonchev–Trinajstić information content (AvgIpc) is 2.93. The summed E-state index contributed by atoms with van der Waals surface area (Å²) in [5, 5.41) is 1.23. The monoisotopic (exact) mass is 441 g/mol. The Labute approximate surface area is 168 Å². The first-order valence-electron chi connectivity index (χ1n) is 9.10. The molecule has 0 saturated heterocycles. The third-order valence-corrected chi connectivity index (χ3v) is 4.33. The molecule has 0 atom stereocenters. The van der Waals surface area contributed by atoms with Gasteiger partial charge in [-0.3, -0.25) is 4.84 Å². The Bertz CT molecular complexity index is 800. The molecule has 27 heavy (non-hydrogen) atoms. The Morgan fingerprint density at radius 1 is 1.37 bits per heavy atom. The summed E-state index contributed by atoms with van der Waals surface area (Å²) in [5.74, 6) is 1.31. The fourth-order valence-corrected chi connectivity index (χ4v) is 3.16. The molecule has 1 amide bonds. The molecule has 2 N–H and O–H groups in total. The lowest BCUT2D eigenvalue weighted by Gasteiger charge is -2.26. The normalized spacial score (nSPS) is 11.8. The largest absolute Gasteiger partial charge is 0.442 e.